The van der Waals surface area contributed by atoms with Gasteiger partial charge < -0.3 is 19.3 Å². The molecular formula is C19H22N4O3. The van der Waals surface area contributed by atoms with E-state index in [1.54, 1.807) is 4.90 Å². The highest BCUT2D eigenvalue weighted by Crippen LogP contribution is 2.23. The van der Waals surface area contributed by atoms with Crippen LogP contribution in [0.2, 0.25) is 0 Å². The Morgan fingerprint density at radius 1 is 1.27 bits per heavy atom. The monoisotopic (exact) mass is 354 g/mol. The lowest BCUT2D eigenvalue weighted by atomic mass is 10.2. The minimum absolute atomic E-state index is 0.0290. The molecule has 0 aliphatic carbocycles. The van der Waals surface area contributed by atoms with E-state index in [4.69, 9.17) is 9.47 Å². The van der Waals surface area contributed by atoms with E-state index in [0.717, 1.165) is 35.9 Å². The van der Waals surface area contributed by atoms with Crippen LogP contribution in [0.4, 0.5) is 5.95 Å². The van der Waals surface area contributed by atoms with Crippen LogP contribution in [0.15, 0.2) is 30.5 Å². The second-order valence-electron chi connectivity index (χ2n) is 6.60. The Balaban J connectivity index is 1.37. The maximum absolute atomic E-state index is 12.5. The molecule has 0 spiro atoms. The molecule has 26 heavy (non-hydrogen) atoms. The predicted octanol–water partition coefficient (Wildman–Crippen LogP) is 1.54. The fraction of sp³-hybridized carbons (Fsp3) is 0.421. The maximum Gasteiger partial charge on any atom is 0.261 e. The molecular weight excluding hydrogens is 332 g/mol. The van der Waals surface area contributed by atoms with Crippen molar-refractivity contribution in [3.8, 4) is 5.75 Å². The minimum Gasteiger partial charge on any atom is -0.484 e. The Hall–Kier alpha value is -2.67. The molecule has 136 valence electrons. The van der Waals surface area contributed by atoms with Gasteiger partial charge in [0.2, 0.25) is 5.95 Å². The normalized spacial score (nSPS) is 16.5. The van der Waals surface area contributed by atoms with Crippen molar-refractivity contribution in [3.05, 3.63) is 47.3 Å². The Kier molecular flexibility index (Phi) is 4.71. The summed E-state index contributed by atoms with van der Waals surface area (Å²) in [4.78, 5) is 25.5. The molecule has 0 unspecified atom stereocenters. The summed E-state index contributed by atoms with van der Waals surface area (Å²) in [5, 5.41) is 0. The predicted molar refractivity (Wildman–Crippen MR) is 96.0 cm³/mol. The molecule has 7 heteroatoms. The summed E-state index contributed by atoms with van der Waals surface area (Å²) in [6, 6.07) is 7.70. The summed E-state index contributed by atoms with van der Waals surface area (Å²) in [6.45, 7) is 6.05. The van der Waals surface area contributed by atoms with E-state index < -0.39 is 0 Å². The second kappa shape index (κ2) is 7.29. The smallest absolute Gasteiger partial charge is 0.261 e. The molecule has 1 fully saturated rings. The largest absolute Gasteiger partial charge is 0.484 e. The quantitative estimate of drug-likeness (QED) is 0.830. The fourth-order valence-electron chi connectivity index (χ4n) is 3.18. The van der Waals surface area contributed by atoms with Crippen molar-refractivity contribution in [1.29, 1.82) is 0 Å². The van der Waals surface area contributed by atoms with E-state index in [-0.39, 0.29) is 12.5 Å². The summed E-state index contributed by atoms with van der Waals surface area (Å²) in [6.07, 6.45) is 1.84. The zero-order valence-corrected chi connectivity index (χ0v) is 14.9. The third-order valence-corrected chi connectivity index (χ3v) is 4.64. The fourth-order valence-corrected chi connectivity index (χ4v) is 3.18. The first-order valence-corrected chi connectivity index (χ1v) is 8.84. The average molecular weight is 354 g/mol. The highest BCUT2D eigenvalue weighted by Gasteiger charge is 2.26. The van der Waals surface area contributed by atoms with Gasteiger partial charge in [0.05, 0.1) is 25.5 Å². The van der Waals surface area contributed by atoms with Gasteiger partial charge in [-0.25, -0.2) is 9.97 Å². The molecule has 0 radical (unpaired) electrons. The molecule has 0 atom stereocenters. The molecule has 1 amide bonds. The molecule has 7 nitrogen and oxygen atoms in total. The van der Waals surface area contributed by atoms with Gasteiger partial charge in [0, 0.05) is 31.4 Å². The summed E-state index contributed by atoms with van der Waals surface area (Å²) in [5.41, 5.74) is 3.03. The lowest BCUT2D eigenvalue weighted by molar-refractivity contribution is -0.134. The van der Waals surface area contributed by atoms with Gasteiger partial charge in [0.25, 0.3) is 5.91 Å². The van der Waals surface area contributed by atoms with Crippen molar-refractivity contribution in [2.75, 3.05) is 37.8 Å². The Morgan fingerprint density at radius 3 is 2.92 bits per heavy atom. The molecule has 2 aliphatic rings. The van der Waals surface area contributed by atoms with Gasteiger partial charge in [0.15, 0.2) is 6.61 Å². The van der Waals surface area contributed by atoms with E-state index in [9.17, 15) is 4.79 Å². The number of aromatic nitrogens is 2. The molecule has 2 aliphatic heterocycles. The number of carbonyl (C=O) groups is 1. The molecule has 1 aromatic heterocycles. The van der Waals surface area contributed by atoms with Gasteiger partial charge in [-0.2, -0.15) is 0 Å². The standard InChI is InChI=1S/C19H22N4O3/c1-14-3-2-4-16(9-14)26-13-18(24)23-11-15-10-20-19(21-17(15)12-23)22-5-7-25-8-6-22/h2-4,9-10H,5-8,11-13H2,1H3. The SMILES string of the molecule is Cc1cccc(OCC(=O)N2Cc3cnc(N4CCOCC4)nc3C2)c1. The summed E-state index contributed by atoms with van der Waals surface area (Å²) < 4.78 is 11.0. The average Bonchev–Trinajstić information content (AvgIpc) is 3.10. The number of aryl methyl sites for hydroxylation is 1. The lowest BCUT2D eigenvalue weighted by Gasteiger charge is -2.26. The molecule has 0 N–H and O–H groups in total. The van der Waals surface area contributed by atoms with E-state index in [1.165, 1.54) is 0 Å². The van der Waals surface area contributed by atoms with E-state index in [2.05, 4.69) is 14.9 Å². The van der Waals surface area contributed by atoms with Crippen LogP contribution in [0.25, 0.3) is 0 Å². The van der Waals surface area contributed by atoms with Gasteiger partial charge in [-0.15, -0.1) is 0 Å². The topological polar surface area (TPSA) is 67.8 Å². The van der Waals surface area contributed by atoms with Crippen LogP contribution >= 0.6 is 0 Å². The van der Waals surface area contributed by atoms with Crippen molar-refractivity contribution in [2.45, 2.75) is 20.0 Å². The van der Waals surface area contributed by atoms with Crippen LogP contribution in [0.3, 0.4) is 0 Å². The first kappa shape index (κ1) is 16.8. The van der Waals surface area contributed by atoms with Crippen LogP contribution in [0, 0.1) is 6.92 Å². The highest BCUT2D eigenvalue weighted by molar-refractivity contribution is 5.78. The molecule has 0 bridgehead atoms. The van der Waals surface area contributed by atoms with Crippen LogP contribution < -0.4 is 9.64 Å². The van der Waals surface area contributed by atoms with Crippen LogP contribution in [-0.2, 0) is 22.6 Å². The van der Waals surface area contributed by atoms with Gasteiger partial charge in [-0.05, 0) is 24.6 Å². The lowest BCUT2D eigenvalue weighted by Crippen LogP contribution is -2.37. The van der Waals surface area contributed by atoms with Gasteiger partial charge >= 0.3 is 0 Å². The number of hydrogen-bond donors (Lipinski definition) is 0. The van der Waals surface area contributed by atoms with E-state index in [1.807, 2.05) is 37.4 Å². The summed E-state index contributed by atoms with van der Waals surface area (Å²) >= 11 is 0. The number of benzene rings is 1. The Labute approximate surface area is 152 Å². The summed E-state index contributed by atoms with van der Waals surface area (Å²) in [7, 11) is 0. The van der Waals surface area contributed by atoms with Crippen molar-refractivity contribution in [3.63, 3.8) is 0 Å². The number of fused-ring (bicyclic) bond motifs is 1. The molecule has 2 aromatic rings. The number of carbonyl (C=O) groups excluding carboxylic acids is 1. The number of ether oxygens (including phenoxy) is 2. The number of anilines is 1. The first-order valence-electron chi connectivity index (χ1n) is 8.84. The number of hydrogen-bond acceptors (Lipinski definition) is 6. The van der Waals surface area contributed by atoms with Gasteiger partial charge in [-0.1, -0.05) is 12.1 Å². The van der Waals surface area contributed by atoms with E-state index in [0.29, 0.717) is 32.1 Å². The van der Waals surface area contributed by atoms with E-state index >= 15 is 0 Å². The molecule has 3 heterocycles. The number of morpholine rings is 1. The molecule has 1 saturated heterocycles. The van der Waals surface area contributed by atoms with Crippen LogP contribution in [0.5, 0.6) is 5.75 Å². The van der Waals surface area contributed by atoms with Gasteiger partial charge in [0.1, 0.15) is 5.75 Å². The zero-order valence-electron chi connectivity index (χ0n) is 14.9. The van der Waals surface area contributed by atoms with Crippen molar-refractivity contribution >= 4 is 11.9 Å². The van der Waals surface area contributed by atoms with Gasteiger partial charge in [-0.3, -0.25) is 4.79 Å². The second-order valence-corrected chi connectivity index (χ2v) is 6.60. The van der Waals surface area contributed by atoms with Crippen LogP contribution in [0.1, 0.15) is 16.8 Å². The number of amides is 1. The molecule has 0 saturated carbocycles. The Morgan fingerprint density at radius 2 is 2.12 bits per heavy atom. The third-order valence-electron chi connectivity index (χ3n) is 4.64. The highest BCUT2D eigenvalue weighted by atomic mass is 16.5. The van der Waals surface area contributed by atoms with Crippen molar-refractivity contribution in [1.82, 2.24) is 14.9 Å². The first-order chi connectivity index (χ1) is 12.7. The Bertz CT molecular complexity index is 805. The summed E-state index contributed by atoms with van der Waals surface area (Å²) in [5.74, 6) is 1.39. The van der Waals surface area contributed by atoms with Crippen molar-refractivity contribution < 1.29 is 14.3 Å². The molecule has 4 rings (SSSR count). The number of rotatable bonds is 4. The van der Waals surface area contributed by atoms with Crippen LogP contribution in [-0.4, -0.2) is 53.7 Å². The molecule has 1 aromatic carbocycles. The maximum atomic E-state index is 12.5. The minimum atomic E-state index is -0.0440. The third kappa shape index (κ3) is 3.62. The number of nitrogens with zero attached hydrogens (tertiary/aromatic N) is 4. The zero-order chi connectivity index (χ0) is 17.9. The van der Waals surface area contributed by atoms with Crippen molar-refractivity contribution in [2.24, 2.45) is 0 Å².